The number of piperidine rings is 1. The molecule has 0 N–H and O–H groups in total. The van der Waals surface area contributed by atoms with E-state index in [9.17, 15) is 40.7 Å². The van der Waals surface area contributed by atoms with Gasteiger partial charge in [0.05, 0.1) is 0 Å². The van der Waals surface area contributed by atoms with E-state index in [1.807, 2.05) is 12.1 Å². The van der Waals surface area contributed by atoms with E-state index < -0.39 is 24.2 Å². The molecule has 0 unspecified atom stereocenters. The van der Waals surface area contributed by atoms with Gasteiger partial charge in [-0.1, -0.05) is 36.8 Å². The minimum Gasteiger partial charge on any atom is -0.330 e. The van der Waals surface area contributed by atoms with Gasteiger partial charge in [-0.3, -0.25) is 19.3 Å². The molecule has 12 heteroatoms. The van der Waals surface area contributed by atoms with E-state index >= 15 is 0 Å². The fraction of sp³-hybridized carbons (Fsp3) is 0.483. The van der Waals surface area contributed by atoms with Crippen LogP contribution in [0.25, 0.3) is 0 Å². The lowest BCUT2D eigenvalue weighted by Crippen LogP contribution is -2.43. The molecular formula is C29H31F6N3O3. The SMILES string of the molecule is O=C(N1CCc2cc(CN3CCCCC3)ccc2C1)C(F)(F)F.O=Cc1ccc2c(c1)CCN(C(=O)C(F)(F)F)C2. The van der Waals surface area contributed by atoms with E-state index in [2.05, 4.69) is 11.0 Å². The molecule has 6 nitrogen and oxygen atoms in total. The largest absolute Gasteiger partial charge is 0.471 e. The first-order valence-electron chi connectivity index (χ1n) is 13.5. The Morgan fingerprint density at radius 2 is 1.20 bits per heavy atom. The van der Waals surface area contributed by atoms with Crippen LogP contribution in [0.1, 0.15) is 57.4 Å². The van der Waals surface area contributed by atoms with Gasteiger partial charge >= 0.3 is 24.2 Å². The average molecular weight is 584 g/mol. The Bertz CT molecular complexity index is 1270. The molecule has 0 spiro atoms. The number of aldehydes is 1. The molecule has 222 valence electrons. The van der Waals surface area contributed by atoms with Crippen molar-refractivity contribution in [1.82, 2.24) is 14.7 Å². The molecule has 2 aromatic carbocycles. The molecular weight excluding hydrogens is 552 g/mol. The molecule has 2 aromatic rings. The first kappa shape index (κ1) is 30.5. The Hall–Kier alpha value is -3.41. The molecule has 1 saturated heterocycles. The van der Waals surface area contributed by atoms with E-state index in [-0.39, 0.29) is 26.2 Å². The van der Waals surface area contributed by atoms with E-state index in [1.165, 1.54) is 30.9 Å². The number of hydrogen-bond acceptors (Lipinski definition) is 4. The van der Waals surface area contributed by atoms with Crippen LogP contribution in [0.2, 0.25) is 0 Å². The summed E-state index contributed by atoms with van der Waals surface area (Å²) in [5.41, 5.74) is 5.09. The summed E-state index contributed by atoms with van der Waals surface area (Å²) in [5, 5.41) is 0. The number of benzene rings is 2. The van der Waals surface area contributed by atoms with Crippen molar-refractivity contribution in [3.8, 4) is 0 Å². The van der Waals surface area contributed by atoms with Gasteiger partial charge in [-0.25, -0.2) is 0 Å². The number of amides is 2. The van der Waals surface area contributed by atoms with Gasteiger partial charge in [-0.15, -0.1) is 0 Å². The summed E-state index contributed by atoms with van der Waals surface area (Å²) in [6.07, 6.45) is -4.34. The summed E-state index contributed by atoms with van der Waals surface area (Å²) in [5.74, 6) is -3.55. The van der Waals surface area contributed by atoms with Crippen molar-refractivity contribution in [2.45, 2.75) is 64.1 Å². The molecule has 0 bridgehead atoms. The molecule has 0 radical (unpaired) electrons. The van der Waals surface area contributed by atoms with Gasteiger partial charge in [-0.2, -0.15) is 26.3 Å². The van der Waals surface area contributed by atoms with Gasteiger partial charge in [0, 0.05) is 38.3 Å². The molecule has 0 atom stereocenters. The fourth-order valence-electron chi connectivity index (χ4n) is 5.43. The molecule has 41 heavy (non-hydrogen) atoms. The third kappa shape index (κ3) is 7.87. The van der Waals surface area contributed by atoms with Crippen LogP contribution >= 0.6 is 0 Å². The monoisotopic (exact) mass is 583 g/mol. The zero-order chi connectivity index (χ0) is 29.8. The van der Waals surface area contributed by atoms with Crippen LogP contribution in [-0.4, -0.2) is 71.3 Å². The van der Waals surface area contributed by atoms with Crippen molar-refractivity contribution >= 4 is 18.1 Å². The van der Waals surface area contributed by atoms with Crippen molar-refractivity contribution < 1.29 is 40.7 Å². The number of likely N-dealkylation sites (tertiary alicyclic amines) is 1. The van der Waals surface area contributed by atoms with Crippen LogP contribution in [0.5, 0.6) is 0 Å². The molecule has 0 aliphatic carbocycles. The topological polar surface area (TPSA) is 60.9 Å². The predicted molar refractivity (Wildman–Crippen MR) is 138 cm³/mol. The van der Waals surface area contributed by atoms with Crippen LogP contribution in [0.4, 0.5) is 26.3 Å². The van der Waals surface area contributed by atoms with Gasteiger partial charge < -0.3 is 9.80 Å². The normalized spacial score (nSPS) is 17.6. The molecule has 0 aromatic heterocycles. The summed E-state index contributed by atoms with van der Waals surface area (Å²) in [4.78, 5) is 37.1. The first-order valence-corrected chi connectivity index (χ1v) is 13.5. The van der Waals surface area contributed by atoms with Crippen molar-refractivity contribution in [3.63, 3.8) is 0 Å². The molecule has 5 rings (SSSR count). The zero-order valence-electron chi connectivity index (χ0n) is 22.4. The van der Waals surface area contributed by atoms with Crippen molar-refractivity contribution in [1.29, 1.82) is 0 Å². The lowest BCUT2D eigenvalue weighted by atomic mass is 9.96. The maximum atomic E-state index is 12.5. The molecule has 3 aliphatic heterocycles. The fourth-order valence-corrected chi connectivity index (χ4v) is 5.43. The molecule has 2 amide bonds. The highest BCUT2D eigenvalue weighted by Crippen LogP contribution is 2.27. The molecule has 3 heterocycles. The van der Waals surface area contributed by atoms with Gasteiger partial charge in [0.1, 0.15) is 6.29 Å². The maximum Gasteiger partial charge on any atom is 0.471 e. The third-order valence-electron chi connectivity index (χ3n) is 7.58. The van der Waals surface area contributed by atoms with Crippen molar-refractivity contribution in [2.24, 2.45) is 0 Å². The average Bonchev–Trinajstić information content (AvgIpc) is 2.95. The van der Waals surface area contributed by atoms with Crippen LogP contribution in [0.3, 0.4) is 0 Å². The van der Waals surface area contributed by atoms with Gasteiger partial charge in [0.15, 0.2) is 0 Å². The predicted octanol–water partition coefficient (Wildman–Crippen LogP) is 5.07. The van der Waals surface area contributed by atoms with Crippen LogP contribution in [-0.2, 0) is 42.1 Å². The lowest BCUT2D eigenvalue weighted by molar-refractivity contribution is -0.186. The lowest BCUT2D eigenvalue weighted by Gasteiger charge is -2.30. The maximum absolute atomic E-state index is 12.5. The van der Waals surface area contributed by atoms with E-state index in [0.29, 0.717) is 30.3 Å². The number of fused-ring (bicyclic) bond motifs is 2. The van der Waals surface area contributed by atoms with E-state index in [4.69, 9.17) is 0 Å². The number of hydrogen-bond donors (Lipinski definition) is 0. The summed E-state index contributed by atoms with van der Waals surface area (Å²) in [6.45, 7) is 3.28. The van der Waals surface area contributed by atoms with E-state index in [0.717, 1.165) is 46.1 Å². The van der Waals surface area contributed by atoms with Crippen LogP contribution in [0, 0.1) is 0 Å². The summed E-state index contributed by atoms with van der Waals surface area (Å²) in [7, 11) is 0. The molecule has 3 aliphatic rings. The van der Waals surface area contributed by atoms with Crippen LogP contribution in [0.15, 0.2) is 36.4 Å². The number of carbonyl (C=O) groups is 3. The van der Waals surface area contributed by atoms with Gasteiger partial charge in [0.25, 0.3) is 0 Å². The Kier molecular flexibility index (Phi) is 9.41. The second-order valence-electron chi connectivity index (χ2n) is 10.5. The van der Waals surface area contributed by atoms with Gasteiger partial charge in [-0.05, 0) is 72.7 Å². The second-order valence-corrected chi connectivity index (χ2v) is 10.5. The standard InChI is InChI=1S/C17H21F3N2O.C12H10F3NO2/c18-17(19,20)16(23)22-9-6-14-10-13(4-5-15(14)12-22)11-21-7-2-1-3-8-21;13-12(14,15)11(18)16-4-3-9-5-8(7-17)1-2-10(9)6-16/h4-5,10H,1-3,6-9,11-12H2;1-2,5,7H,3-4,6H2. The first-order chi connectivity index (χ1) is 19.3. The summed E-state index contributed by atoms with van der Waals surface area (Å²) >= 11 is 0. The quantitative estimate of drug-likeness (QED) is 0.374. The Balaban J connectivity index is 0.000000195. The highest BCUT2D eigenvalue weighted by atomic mass is 19.4. The number of halogens is 6. The Morgan fingerprint density at radius 1 is 0.683 bits per heavy atom. The Morgan fingerprint density at radius 3 is 1.71 bits per heavy atom. The van der Waals surface area contributed by atoms with Gasteiger partial charge in [0.2, 0.25) is 0 Å². The minimum atomic E-state index is -4.83. The van der Waals surface area contributed by atoms with Crippen molar-refractivity contribution in [2.75, 3.05) is 26.2 Å². The highest BCUT2D eigenvalue weighted by molar-refractivity contribution is 5.82. The summed E-state index contributed by atoms with van der Waals surface area (Å²) in [6, 6.07) is 10.7. The second kappa shape index (κ2) is 12.6. The van der Waals surface area contributed by atoms with Crippen molar-refractivity contribution in [3.05, 3.63) is 69.8 Å². The molecule has 0 saturated carbocycles. The summed E-state index contributed by atoms with van der Waals surface area (Å²) < 4.78 is 74.5. The smallest absolute Gasteiger partial charge is 0.330 e. The van der Waals surface area contributed by atoms with E-state index in [1.54, 1.807) is 12.1 Å². The highest BCUT2D eigenvalue weighted by Gasteiger charge is 2.44. The third-order valence-corrected chi connectivity index (χ3v) is 7.58. The number of nitrogens with zero attached hydrogens (tertiary/aromatic N) is 3. The molecule has 1 fully saturated rings. The minimum absolute atomic E-state index is 0.0215. The zero-order valence-corrected chi connectivity index (χ0v) is 22.4. The number of carbonyl (C=O) groups excluding carboxylic acids is 3. The number of alkyl halides is 6. The van der Waals surface area contributed by atoms with Crippen LogP contribution < -0.4 is 0 Å². The number of rotatable bonds is 3. The Labute approximate surface area is 233 Å².